The smallest absolute Gasteiger partial charge is 0.416 e. The fraction of sp³-hybridized carbons (Fsp3) is 0.435. The lowest BCUT2D eigenvalue weighted by Gasteiger charge is -2.34. The molecular formula is C23H26F3N3O4. The molecule has 3 rings (SSSR count). The standard InChI is InChI=1S/C23H26F3N3O4/c1-15-4-7-21(33-3)17(12-15)14-27(2)22(30)16-8-10-28(11-9-16)19-6-5-18(23(24,25)26)13-20(19)29(31)32/h4-7,12-13,16H,8-11,14H2,1-3H3. The van der Waals surface area contributed by atoms with Gasteiger partial charge in [0.05, 0.1) is 17.6 Å². The first-order valence-electron chi connectivity index (χ1n) is 10.5. The van der Waals surface area contributed by atoms with E-state index in [4.69, 9.17) is 4.74 Å². The number of methoxy groups -OCH3 is 1. The molecule has 0 radical (unpaired) electrons. The molecule has 0 N–H and O–H groups in total. The topological polar surface area (TPSA) is 75.9 Å². The number of anilines is 1. The summed E-state index contributed by atoms with van der Waals surface area (Å²) in [6, 6.07) is 8.31. The van der Waals surface area contributed by atoms with Crippen LogP contribution in [0.1, 0.15) is 29.5 Å². The van der Waals surface area contributed by atoms with Crippen molar-refractivity contribution in [2.45, 2.75) is 32.5 Å². The van der Waals surface area contributed by atoms with Crippen LogP contribution in [-0.4, -0.2) is 43.0 Å². The Morgan fingerprint density at radius 3 is 2.45 bits per heavy atom. The van der Waals surface area contributed by atoms with Crippen LogP contribution in [0.2, 0.25) is 0 Å². The van der Waals surface area contributed by atoms with Gasteiger partial charge < -0.3 is 14.5 Å². The van der Waals surface area contributed by atoms with E-state index in [-0.39, 0.29) is 17.5 Å². The van der Waals surface area contributed by atoms with Gasteiger partial charge in [-0.2, -0.15) is 13.2 Å². The summed E-state index contributed by atoms with van der Waals surface area (Å²) in [5.41, 5.74) is 0.440. The third-order valence-corrected chi connectivity index (χ3v) is 5.90. The molecule has 33 heavy (non-hydrogen) atoms. The molecule has 2 aromatic rings. The first kappa shape index (κ1) is 24.3. The molecule has 0 aromatic heterocycles. The number of amides is 1. The van der Waals surface area contributed by atoms with Crippen LogP contribution in [0.25, 0.3) is 0 Å². The maximum Gasteiger partial charge on any atom is 0.416 e. The van der Waals surface area contributed by atoms with Crippen LogP contribution in [0.15, 0.2) is 36.4 Å². The number of ether oxygens (including phenoxy) is 1. The molecule has 1 heterocycles. The molecule has 10 heteroatoms. The molecule has 0 unspecified atom stereocenters. The van der Waals surface area contributed by atoms with Crippen molar-refractivity contribution in [1.29, 1.82) is 0 Å². The summed E-state index contributed by atoms with van der Waals surface area (Å²) < 4.78 is 44.3. The Morgan fingerprint density at radius 1 is 1.21 bits per heavy atom. The Kier molecular flexibility index (Phi) is 7.14. The number of hydrogen-bond donors (Lipinski definition) is 0. The van der Waals surface area contributed by atoms with Crippen LogP contribution in [0.4, 0.5) is 24.5 Å². The lowest BCUT2D eigenvalue weighted by atomic mass is 9.94. The molecule has 2 aromatic carbocycles. The van der Waals surface area contributed by atoms with Gasteiger partial charge in [-0.15, -0.1) is 0 Å². The van der Waals surface area contributed by atoms with Gasteiger partial charge in [-0.1, -0.05) is 17.7 Å². The molecular weight excluding hydrogens is 439 g/mol. The third-order valence-electron chi connectivity index (χ3n) is 5.90. The SMILES string of the molecule is COc1ccc(C)cc1CN(C)C(=O)C1CCN(c2ccc(C(F)(F)F)cc2[N+](=O)[O-])CC1. The summed E-state index contributed by atoms with van der Waals surface area (Å²) in [6.07, 6.45) is -3.76. The summed E-state index contributed by atoms with van der Waals surface area (Å²) in [5.74, 6) is 0.389. The average molecular weight is 465 g/mol. The minimum Gasteiger partial charge on any atom is -0.496 e. The van der Waals surface area contributed by atoms with E-state index in [9.17, 15) is 28.1 Å². The number of carbonyl (C=O) groups excluding carboxylic acids is 1. The first-order valence-corrected chi connectivity index (χ1v) is 10.5. The Morgan fingerprint density at radius 2 is 1.88 bits per heavy atom. The minimum atomic E-state index is -4.66. The molecule has 0 spiro atoms. The monoisotopic (exact) mass is 465 g/mol. The van der Waals surface area contributed by atoms with Crippen molar-refractivity contribution in [2.24, 2.45) is 5.92 Å². The maximum absolute atomic E-state index is 13.0. The lowest BCUT2D eigenvalue weighted by Crippen LogP contribution is -2.41. The van der Waals surface area contributed by atoms with Crippen molar-refractivity contribution in [3.63, 3.8) is 0 Å². The third kappa shape index (κ3) is 5.55. The number of alkyl halides is 3. The number of piperidine rings is 1. The van der Waals surface area contributed by atoms with Crippen LogP contribution >= 0.6 is 0 Å². The van der Waals surface area contributed by atoms with Gasteiger partial charge in [0.1, 0.15) is 11.4 Å². The van der Waals surface area contributed by atoms with Crippen LogP contribution in [-0.2, 0) is 17.5 Å². The number of aryl methyl sites for hydroxylation is 1. The maximum atomic E-state index is 13.0. The van der Waals surface area contributed by atoms with Crippen molar-refractivity contribution < 1.29 is 27.6 Å². The summed E-state index contributed by atoms with van der Waals surface area (Å²) >= 11 is 0. The highest BCUT2D eigenvalue weighted by molar-refractivity contribution is 5.79. The zero-order valence-electron chi connectivity index (χ0n) is 18.7. The summed E-state index contributed by atoms with van der Waals surface area (Å²) in [6.45, 7) is 3.02. The fourth-order valence-electron chi connectivity index (χ4n) is 4.16. The van der Waals surface area contributed by atoms with E-state index >= 15 is 0 Å². The van der Waals surface area contributed by atoms with Crippen LogP contribution in [0.5, 0.6) is 5.75 Å². The second-order valence-electron chi connectivity index (χ2n) is 8.23. The van der Waals surface area contributed by atoms with Crippen LogP contribution in [0, 0.1) is 23.0 Å². The Bertz CT molecular complexity index is 1030. The van der Waals surface area contributed by atoms with Gasteiger partial charge in [0, 0.05) is 44.2 Å². The number of hydrogen-bond acceptors (Lipinski definition) is 5. The first-order chi connectivity index (χ1) is 15.5. The number of carbonyl (C=O) groups is 1. The molecule has 1 aliphatic heterocycles. The predicted molar refractivity (Wildman–Crippen MR) is 117 cm³/mol. The Hall–Kier alpha value is -3.30. The zero-order chi connectivity index (χ0) is 24.3. The molecule has 0 aliphatic carbocycles. The van der Waals surface area contributed by atoms with Gasteiger partial charge >= 0.3 is 6.18 Å². The van der Waals surface area contributed by atoms with E-state index in [1.807, 2.05) is 25.1 Å². The highest BCUT2D eigenvalue weighted by Gasteiger charge is 2.35. The van der Waals surface area contributed by atoms with Crippen molar-refractivity contribution in [3.8, 4) is 5.75 Å². The summed E-state index contributed by atoms with van der Waals surface area (Å²) in [7, 11) is 3.29. The lowest BCUT2D eigenvalue weighted by molar-refractivity contribution is -0.384. The molecule has 7 nitrogen and oxygen atoms in total. The van der Waals surface area contributed by atoms with E-state index < -0.39 is 22.4 Å². The van der Waals surface area contributed by atoms with E-state index in [2.05, 4.69) is 0 Å². The van der Waals surface area contributed by atoms with E-state index in [0.29, 0.717) is 44.3 Å². The van der Waals surface area contributed by atoms with Crippen LogP contribution in [0.3, 0.4) is 0 Å². The van der Waals surface area contributed by atoms with Gasteiger partial charge in [0.2, 0.25) is 5.91 Å². The highest BCUT2D eigenvalue weighted by Crippen LogP contribution is 2.38. The van der Waals surface area contributed by atoms with Gasteiger partial charge in [0.15, 0.2) is 0 Å². The second-order valence-corrected chi connectivity index (χ2v) is 8.23. The van der Waals surface area contributed by atoms with Gasteiger partial charge in [-0.3, -0.25) is 14.9 Å². The summed E-state index contributed by atoms with van der Waals surface area (Å²) in [5, 5.41) is 11.4. The second kappa shape index (κ2) is 9.68. The molecule has 178 valence electrons. The molecule has 0 bridgehead atoms. The normalized spacial score (nSPS) is 14.8. The molecule has 1 saturated heterocycles. The molecule has 1 aliphatic rings. The number of rotatable bonds is 6. The number of nitrogens with zero attached hydrogens (tertiary/aromatic N) is 3. The van der Waals surface area contributed by atoms with E-state index in [1.54, 1.807) is 24.0 Å². The van der Waals surface area contributed by atoms with Crippen molar-refractivity contribution in [1.82, 2.24) is 4.90 Å². The predicted octanol–water partition coefficient (Wildman–Crippen LogP) is 4.81. The van der Waals surface area contributed by atoms with Gasteiger partial charge in [0.25, 0.3) is 5.69 Å². The fourth-order valence-corrected chi connectivity index (χ4v) is 4.16. The number of nitro groups is 1. The Labute approximate surface area is 189 Å². The number of nitro benzene ring substituents is 1. The van der Waals surface area contributed by atoms with Crippen molar-refractivity contribution in [3.05, 3.63) is 63.2 Å². The van der Waals surface area contributed by atoms with Crippen molar-refractivity contribution in [2.75, 3.05) is 32.1 Å². The number of benzene rings is 2. The van der Waals surface area contributed by atoms with Gasteiger partial charge in [-0.25, -0.2) is 0 Å². The minimum absolute atomic E-state index is 0.0415. The largest absolute Gasteiger partial charge is 0.496 e. The Balaban J connectivity index is 1.68. The molecule has 0 atom stereocenters. The van der Waals surface area contributed by atoms with E-state index in [1.165, 1.54) is 0 Å². The average Bonchev–Trinajstić information content (AvgIpc) is 2.77. The highest BCUT2D eigenvalue weighted by atomic mass is 19.4. The molecule has 0 saturated carbocycles. The number of halogens is 3. The zero-order valence-corrected chi connectivity index (χ0v) is 18.7. The van der Waals surface area contributed by atoms with Gasteiger partial charge in [-0.05, 0) is 38.0 Å². The molecule has 1 fully saturated rings. The quantitative estimate of drug-likeness (QED) is 0.452. The van der Waals surface area contributed by atoms with Crippen LogP contribution < -0.4 is 9.64 Å². The van der Waals surface area contributed by atoms with E-state index in [0.717, 1.165) is 23.3 Å². The summed E-state index contributed by atoms with van der Waals surface area (Å²) in [4.78, 5) is 26.9. The molecule has 1 amide bonds. The van der Waals surface area contributed by atoms with Crippen molar-refractivity contribution >= 4 is 17.3 Å².